The Bertz CT molecular complexity index is 447. The first-order valence-corrected chi connectivity index (χ1v) is 4.07. The summed E-state index contributed by atoms with van der Waals surface area (Å²) in [5.74, 6) is 0.813. The monoisotopic (exact) mass is 177 g/mol. The van der Waals surface area contributed by atoms with Gasteiger partial charge in [0.05, 0.1) is 7.11 Å². The second kappa shape index (κ2) is 2.73. The fourth-order valence-corrected chi connectivity index (χ4v) is 1.42. The van der Waals surface area contributed by atoms with Crippen molar-refractivity contribution in [2.24, 2.45) is 7.05 Å². The highest BCUT2D eigenvalue weighted by atomic mass is 16.5. The fourth-order valence-electron chi connectivity index (χ4n) is 1.42. The van der Waals surface area contributed by atoms with Gasteiger partial charge in [-0.1, -0.05) is 11.3 Å². The molecule has 0 unspecified atom stereocenters. The molecule has 13 heavy (non-hydrogen) atoms. The molecule has 0 saturated carbocycles. The Kier molecular flexibility index (Phi) is 1.69. The molecule has 0 bridgehead atoms. The number of hydrogen-bond acceptors (Lipinski definition) is 3. The number of methoxy groups -OCH3 is 1. The molecule has 0 atom stereocenters. The largest absolute Gasteiger partial charge is 0.494 e. The number of fused-ring (bicyclic) bond motifs is 1. The Hall–Kier alpha value is -1.58. The summed E-state index contributed by atoms with van der Waals surface area (Å²) in [7, 11) is 3.51. The van der Waals surface area contributed by atoms with Gasteiger partial charge in [0.1, 0.15) is 16.8 Å². The number of hydrogen-bond donors (Lipinski definition) is 0. The van der Waals surface area contributed by atoms with Gasteiger partial charge >= 0.3 is 0 Å². The third kappa shape index (κ3) is 1.06. The summed E-state index contributed by atoms with van der Waals surface area (Å²) >= 11 is 0. The molecular weight excluding hydrogens is 166 g/mol. The minimum Gasteiger partial charge on any atom is -0.494 e. The number of nitrogens with zero attached hydrogens (tertiary/aromatic N) is 3. The predicted octanol–water partition coefficient (Wildman–Crippen LogP) is 1.29. The maximum absolute atomic E-state index is 5.22. The van der Waals surface area contributed by atoms with Gasteiger partial charge in [0, 0.05) is 7.05 Å². The van der Waals surface area contributed by atoms with E-state index in [9.17, 15) is 0 Å². The third-order valence-electron chi connectivity index (χ3n) is 2.14. The topological polar surface area (TPSA) is 39.9 Å². The summed E-state index contributed by atoms with van der Waals surface area (Å²) in [5, 5.41) is 8.01. The Balaban J connectivity index is 2.88. The van der Waals surface area contributed by atoms with Crippen molar-refractivity contribution in [1.82, 2.24) is 15.0 Å². The van der Waals surface area contributed by atoms with Gasteiger partial charge in [0.25, 0.3) is 0 Å². The van der Waals surface area contributed by atoms with Crippen LogP contribution < -0.4 is 4.74 Å². The first-order chi connectivity index (χ1) is 6.24. The summed E-state index contributed by atoms with van der Waals surface area (Å²) in [5.41, 5.74) is 2.97. The van der Waals surface area contributed by atoms with Crippen LogP contribution in [0.25, 0.3) is 11.0 Å². The average Bonchev–Trinajstić information content (AvgIpc) is 2.51. The van der Waals surface area contributed by atoms with Crippen molar-refractivity contribution in [3.8, 4) is 5.75 Å². The number of ether oxygens (including phenoxy) is 1. The van der Waals surface area contributed by atoms with Crippen molar-refractivity contribution >= 4 is 11.0 Å². The number of rotatable bonds is 1. The first kappa shape index (κ1) is 8.04. The maximum Gasteiger partial charge on any atom is 0.146 e. The summed E-state index contributed by atoms with van der Waals surface area (Å²) in [6.45, 7) is 2.01. The third-order valence-corrected chi connectivity index (χ3v) is 2.14. The zero-order chi connectivity index (χ0) is 9.42. The van der Waals surface area contributed by atoms with Crippen LogP contribution in [0.5, 0.6) is 5.75 Å². The van der Waals surface area contributed by atoms with Crippen molar-refractivity contribution in [1.29, 1.82) is 0 Å². The Labute approximate surface area is 76.1 Å². The van der Waals surface area contributed by atoms with Crippen LogP contribution in [0.15, 0.2) is 12.1 Å². The lowest BCUT2D eigenvalue weighted by molar-refractivity contribution is 0.417. The molecule has 0 fully saturated rings. The van der Waals surface area contributed by atoms with Crippen molar-refractivity contribution in [2.75, 3.05) is 7.11 Å². The lowest BCUT2D eigenvalue weighted by Crippen LogP contribution is -1.93. The molecule has 0 amide bonds. The average molecular weight is 177 g/mol. The van der Waals surface area contributed by atoms with Crippen molar-refractivity contribution in [2.45, 2.75) is 6.92 Å². The van der Waals surface area contributed by atoms with Gasteiger partial charge in [0.15, 0.2) is 0 Å². The Morgan fingerprint density at radius 3 is 2.85 bits per heavy atom. The van der Waals surface area contributed by atoms with Crippen LogP contribution in [0.4, 0.5) is 0 Å². The molecule has 1 aromatic heterocycles. The quantitative estimate of drug-likeness (QED) is 0.658. The molecule has 1 heterocycles. The lowest BCUT2D eigenvalue weighted by atomic mass is 10.2. The summed E-state index contributed by atoms with van der Waals surface area (Å²) in [6.07, 6.45) is 0. The molecule has 2 rings (SSSR count). The van der Waals surface area contributed by atoms with Crippen molar-refractivity contribution in [3.05, 3.63) is 17.7 Å². The van der Waals surface area contributed by atoms with E-state index in [1.165, 1.54) is 0 Å². The normalized spacial score (nSPS) is 10.7. The van der Waals surface area contributed by atoms with Gasteiger partial charge in [-0.3, -0.25) is 0 Å². The van der Waals surface area contributed by atoms with Gasteiger partial charge in [-0.05, 0) is 18.6 Å². The van der Waals surface area contributed by atoms with Crippen LogP contribution in [-0.2, 0) is 7.05 Å². The predicted molar refractivity (Wildman–Crippen MR) is 49.8 cm³/mol. The van der Waals surface area contributed by atoms with E-state index in [4.69, 9.17) is 4.74 Å². The van der Waals surface area contributed by atoms with E-state index in [1.54, 1.807) is 11.8 Å². The minimum absolute atomic E-state index is 0.813. The van der Waals surface area contributed by atoms with Crippen molar-refractivity contribution in [3.63, 3.8) is 0 Å². The molecule has 1 aromatic carbocycles. The maximum atomic E-state index is 5.22. The van der Waals surface area contributed by atoms with E-state index in [1.807, 2.05) is 26.1 Å². The van der Waals surface area contributed by atoms with Crippen LogP contribution in [0, 0.1) is 6.92 Å². The van der Waals surface area contributed by atoms with Gasteiger partial charge in [-0.2, -0.15) is 0 Å². The van der Waals surface area contributed by atoms with Gasteiger partial charge in [0.2, 0.25) is 0 Å². The molecule has 0 aliphatic carbocycles. The SMILES string of the molecule is COc1ccc(C)c2nnn(C)c12. The second-order valence-corrected chi connectivity index (χ2v) is 2.99. The molecule has 0 saturated heterocycles. The molecule has 0 N–H and O–H groups in total. The van der Waals surface area contributed by atoms with Crippen LogP contribution in [-0.4, -0.2) is 22.1 Å². The number of aromatic nitrogens is 3. The molecule has 0 radical (unpaired) electrons. The van der Waals surface area contributed by atoms with E-state index in [-0.39, 0.29) is 0 Å². The highest BCUT2D eigenvalue weighted by Crippen LogP contribution is 2.25. The number of benzene rings is 1. The Morgan fingerprint density at radius 1 is 1.38 bits per heavy atom. The molecular formula is C9H11N3O. The van der Waals surface area contributed by atoms with E-state index >= 15 is 0 Å². The molecule has 0 spiro atoms. The standard InChI is InChI=1S/C9H11N3O/c1-6-4-5-7(13-3)9-8(6)10-11-12(9)2/h4-5H,1-3H3. The highest BCUT2D eigenvalue weighted by Gasteiger charge is 2.09. The van der Waals surface area contributed by atoms with E-state index in [0.29, 0.717) is 0 Å². The van der Waals surface area contributed by atoms with E-state index in [2.05, 4.69) is 10.3 Å². The fraction of sp³-hybridized carbons (Fsp3) is 0.333. The molecule has 4 heteroatoms. The number of aryl methyl sites for hydroxylation is 2. The lowest BCUT2D eigenvalue weighted by Gasteiger charge is -2.03. The van der Waals surface area contributed by atoms with E-state index < -0.39 is 0 Å². The molecule has 68 valence electrons. The Morgan fingerprint density at radius 2 is 2.15 bits per heavy atom. The first-order valence-electron chi connectivity index (χ1n) is 4.07. The van der Waals surface area contributed by atoms with Crippen LogP contribution in [0.1, 0.15) is 5.56 Å². The summed E-state index contributed by atoms with van der Waals surface area (Å²) in [6, 6.07) is 3.91. The minimum atomic E-state index is 0.813. The zero-order valence-corrected chi connectivity index (χ0v) is 7.90. The second-order valence-electron chi connectivity index (χ2n) is 2.99. The van der Waals surface area contributed by atoms with Crippen LogP contribution in [0.2, 0.25) is 0 Å². The van der Waals surface area contributed by atoms with Crippen LogP contribution in [0.3, 0.4) is 0 Å². The molecule has 0 aliphatic rings. The van der Waals surface area contributed by atoms with Gasteiger partial charge in [-0.25, -0.2) is 4.68 Å². The summed E-state index contributed by atoms with van der Waals surface area (Å²) < 4.78 is 6.94. The van der Waals surface area contributed by atoms with Crippen molar-refractivity contribution < 1.29 is 4.74 Å². The smallest absolute Gasteiger partial charge is 0.146 e. The van der Waals surface area contributed by atoms with Gasteiger partial charge in [-0.15, -0.1) is 5.10 Å². The molecule has 4 nitrogen and oxygen atoms in total. The highest BCUT2D eigenvalue weighted by molar-refractivity contribution is 5.83. The molecule has 2 aromatic rings. The summed E-state index contributed by atoms with van der Waals surface area (Å²) in [4.78, 5) is 0. The van der Waals surface area contributed by atoms with E-state index in [0.717, 1.165) is 22.3 Å². The zero-order valence-electron chi connectivity index (χ0n) is 7.90. The van der Waals surface area contributed by atoms with Gasteiger partial charge < -0.3 is 4.74 Å². The molecule has 0 aliphatic heterocycles. The van der Waals surface area contributed by atoms with Crippen LogP contribution >= 0.6 is 0 Å².